The summed E-state index contributed by atoms with van der Waals surface area (Å²) in [4.78, 5) is 0. The van der Waals surface area contributed by atoms with Gasteiger partial charge in [0.2, 0.25) is 0 Å². The molecule has 0 unspecified atom stereocenters. The molecule has 0 aliphatic rings. The zero-order valence-corrected chi connectivity index (χ0v) is 26.4. The van der Waals surface area contributed by atoms with Gasteiger partial charge in [-0.2, -0.15) is 0 Å². The van der Waals surface area contributed by atoms with Gasteiger partial charge in [-0.25, -0.2) is 4.42 Å². The number of rotatable bonds is 12. The fourth-order valence-electron chi connectivity index (χ4n) is 3.91. The first-order chi connectivity index (χ1) is 19.5. The van der Waals surface area contributed by atoms with E-state index in [1.165, 1.54) is 6.42 Å². The van der Waals surface area contributed by atoms with Crippen LogP contribution in [0.25, 0.3) is 33.8 Å². The molecule has 0 fully saturated rings. The van der Waals surface area contributed by atoms with E-state index in [1.54, 1.807) is 21.3 Å². The number of halogens is 1. The van der Waals surface area contributed by atoms with Crippen molar-refractivity contribution in [3.05, 3.63) is 84.9 Å². The third-order valence-electron chi connectivity index (χ3n) is 6.16. The van der Waals surface area contributed by atoms with Crippen molar-refractivity contribution in [1.82, 2.24) is 0 Å². The summed E-state index contributed by atoms with van der Waals surface area (Å²) in [5.74, 6) is 3.99. The number of hydrogen-bond donors (Lipinski definition) is 0. The van der Waals surface area contributed by atoms with Crippen LogP contribution in [0.4, 0.5) is 4.70 Å². The minimum atomic E-state index is -3.58. The topological polar surface area (TPSA) is 88.4 Å². The monoisotopic (exact) mass is 673 g/mol. The van der Waals surface area contributed by atoms with Crippen LogP contribution < -0.4 is 17.6 Å². The Labute approximate surface area is 249 Å². The van der Waals surface area contributed by atoms with Crippen molar-refractivity contribution in [1.29, 1.82) is 0 Å². The molecule has 7 nitrogen and oxygen atoms in total. The predicted octanol–water partition coefficient (Wildman–Crippen LogP) is 7.10. The van der Waals surface area contributed by atoms with Gasteiger partial charge < -0.3 is 14.2 Å². The first kappa shape index (κ1) is 33.9. The molecule has 3 aromatic carbocycles. The molecule has 9 heteroatoms. The van der Waals surface area contributed by atoms with Crippen molar-refractivity contribution in [2.24, 2.45) is 0 Å². The molecule has 0 saturated carbocycles. The average molecular weight is 674 g/mol. The average Bonchev–Trinajstić information content (AvgIpc) is 3.01. The van der Waals surface area contributed by atoms with Crippen LogP contribution in [0.2, 0.25) is 0 Å². The van der Waals surface area contributed by atoms with Gasteiger partial charge in [-0.1, -0.05) is 12.1 Å². The van der Waals surface area contributed by atoms with E-state index in [2.05, 4.69) is 22.1 Å². The van der Waals surface area contributed by atoms with Gasteiger partial charge in [0.25, 0.3) is 0 Å². The van der Waals surface area contributed by atoms with Gasteiger partial charge >= 0.3 is 81.2 Å². The Hall–Kier alpha value is -3.32. The summed E-state index contributed by atoms with van der Waals surface area (Å²) in [5, 5.41) is 0. The number of methoxy groups -OCH3 is 3. The number of benzene rings is 3. The number of unbranched alkanes of at least 4 members (excludes halogenated alkanes) is 3. The van der Waals surface area contributed by atoms with Crippen LogP contribution in [0, 0.1) is 0 Å². The van der Waals surface area contributed by atoms with Crippen molar-refractivity contribution in [2.75, 3.05) is 27.9 Å². The van der Waals surface area contributed by atoms with E-state index in [4.69, 9.17) is 18.6 Å². The number of hydrogen-bond acceptors (Lipinski definition) is 6. The summed E-state index contributed by atoms with van der Waals surface area (Å²) in [6.45, 7) is 2.51. The van der Waals surface area contributed by atoms with Crippen molar-refractivity contribution in [3.8, 4) is 51.0 Å². The molecule has 0 atom stereocenters. The molecule has 41 heavy (non-hydrogen) atoms. The fourth-order valence-corrected chi connectivity index (χ4v) is 4.71. The maximum atomic E-state index is 9.97. The minimum absolute atomic E-state index is 0. The predicted molar refractivity (Wildman–Crippen MR) is 158 cm³/mol. The molecule has 219 valence electrons. The molecule has 4 aromatic rings. The van der Waals surface area contributed by atoms with Crippen LogP contribution in [-0.4, -0.2) is 49.0 Å². The molecule has 1 heterocycles. The fraction of sp³-hybridized carbons (Fsp3) is 0.281. The van der Waals surface area contributed by atoms with Gasteiger partial charge in [-0.3, -0.25) is 4.70 Å². The third-order valence-corrected chi connectivity index (χ3v) is 7.28. The standard InChI is InChI=1S/C26H23O4.C6H13O.FH.2O.Sb/c1-27-22-10-4-18(5-11-22)21-16-25(19-6-12-23(28-2)13-7-19)30-26(17-21)20-8-14-24(29-3)15-9-20;1-2-3-4-5-6-7;;;;/h4-17H,1-3H3;2-6H2,1H3;1H;;;/q+1;-1;;;-1;+1. The normalized spacial score (nSPS) is 10.1. The molecular weight excluding hydrogens is 637 g/mol. The van der Waals surface area contributed by atoms with Gasteiger partial charge in [0.1, 0.15) is 17.2 Å². The molecule has 0 bridgehead atoms. The Morgan fingerprint density at radius 1 is 0.634 bits per heavy atom. The van der Waals surface area contributed by atoms with Crippen LogP contribution in [0.15, 0.2) is 89.3 Å². The van der Waals surface area contributed by atoms with Crippen LogP contribution in [0.5, 0.6) is 17.2 Å². The molecule has 1 aromatic heterocycles. The van der Waals surface area contributed by atoms with Crippen LogP contribution in [0.3, 0.4) is 0 Å². The Kier molecular flexibility index (Phi) is 15.0. The summed E-state index contributed by atoms with van der Waals surface area (Å²) >= 11 is -3.58. The van der Waals surface area contributed by atoms with Crippen molar-refractivity contribution in [2.45, 2.75) is 32.6 Å². The Bertz CT molecular complexity index is 1170. The zero-order valence-electron chi connectivity index (χ0n) is 23.8. The second-order valence-electron chi connectivity index (χ2n) is 8.88. The summed E-state index contributed by atoms with van der Waals surface area (Å²) in [5.41, 5.74) is 4.08. The molecule has 0 aliphatic heterocycles. The molecule has 0 amide bonds. The van der Waals surface area contributed by atoms with E-state index in [0.717, 1.165) is 70.3 Å². The molecule has 1 radical (unpaired) electrons. The maximum Gasteiger partial charge on any atom is 0.361 e. The van der Waals surface area contributed by atoms with E-state index in [1.807, 2.05) is 72.8 Å². The summed E-state index contributed by atoms with van der Waals surface area (Å²) in [7, 11) is 4.98. The van der Waals surface area contributed by atoms with Gasteiger partial charge in [-0.15, -0.1) is 0 Å². The van der Waals surface area contributed by atoms with Crippen LogP contribution >= 0.6 is 0 Å². The van der Waals surface area contributed by atoms with Crippen molar-refractivity contribution < 1.29 is 32.8 Å². The molecule has 0 aliphatic carbocycles. The SMILES string of the molecule is CCCCCC[O][Sb](=[O])[O-].COc1ccc(-c2cc(-c3ccc(OC)cc3)[o+]c(-c3ccc(OC)cc3)c2)cc1.F. The van der Waals surface area contributed by atoms with E-state index in [9.17, 15) is 6.40 Å². The molecule has 0 N–H and O–H groups in total. The number of ether oxygens (including phenoxy) is 3. The maximum absolute atomic E-state index is 9.97. The Morgan fingerprint density at radius 2 is 1.05 bits per heavy atom. The Morgan fingerprint density at radius 3 is 1.41 bits per heavy atom. The van der Waals surface area contributed by atoms with E-state index < -0.39 is 21.0 Å². The third kappa shape index (κ3) is 10.9. The van der Waals surface area contributed by atoms with Gasteiger partial charge in [0, 0.05) is 5.56 Å². The second-order valence-corrected chi connectivity index (χ2v) is 10.9. The Balaban J connectivity index is 0.000000461. The van der Waals surface area contributed by atoms with Crippen molar-refractivity contribution in [3.63, 3.8) is 0 Å². The summed E-state index contributed by atoms with van der Waals surface area (Å²) < 4.78 is 46.5. The molecule has 0 saturated heterocycles. The largest absolute Gasteiger partial charge is 0.497 e. The van der Waals surface area contributed by atoms with E-state index in [0.29, 0.717) is 6.61 Å². The summed E-state index contributed by atoms with van der Waals surface area (Å²) in [6.07, 6.45) is 4.28. The quantitative estimate of drug-likeness (QED) is 0.0901. The van der Waals surface area contributed by atoms with Crippen LogP contribution in [0.1, 0.15) is 32.6 Å². The van der Waals surface area contributed by atoms with Gasteiger partial charge in [0.05, 0.1) is 44.6 Å². The molecule has 4 rings (SSSR count). The van der Waals surface area contributed by atoms with Crippen molar-refractivity contribution >= 4 is 21.0 Å². The molecule has 0 spiro atoms. The van der Waals surface area contributed by atoms with E-state index >= 15 is 0 Å². The second kappa shape index (κ2) is 18.2. The summed E-state index contributed by atoms with van der Waals surface area (Å²) in [6, 6.07) is 27.8. The van der Waals surface area contributed by atoms with Gasteiger partial charge in [0.15, 0.2) is 0 Å². The smallest absolute Gasteiger partial charge is 0.361 e. The first-order valence-electron chi connectivity index (χ1n) is 13.2. The van der Waals surface area contributed by atoms with E-state index in [-0.39, 0.29) is 4.70 Å². The first-order valence-corrected chi connectivity index (χ1v) is 16.3. The minimum Gasteiger partial charge on any atom is -0.497 e. The zero-order chi connectivity index (χ0) is 28.7. The molecular formula is C32H37FO7Sb. The van der Waals surface area contributed by atoms with Crippen LogP contribution in [-0.2, 0) is 6.03 Å². The van der Waals surface area contributed by atoms with Gasteiger partial charge in [-0.05, 0) is 66.2 Å².